The summed E-state index contributed by atoms with van der Waals surface area (Å²) in [5, 5.41) is 3.43. The van der Waals surface area contributed by atoms with E-state index >= 15 is 0 Å². The molecule has 0 bridgehead atoms. The number of anilines is 1. The molecule has 1 N–H and O–H groups in total. The van der Waals surface area contributed by atoms with Crippen LogP contribution in [0.3, 0.4) is 0 Å². The highest BCUT2D eigenvalue weighted by atomic mass is 35.5. The quantitative estimate of drug-likeness (QED) is 0.880. The molecule has 0 heterocycles. The highest BCUT2D eigenvalue weighted by Gasteiger charge is 2.30. The fraction of sp³-hybridized carbons (Fsp3) is 0.235. The molecule has 0 atom stereocenters. The van der Waals surface area contributed by atoms with Crippen LogP contribution in [0.1, 0.15) is 25.0 Å². The van der Waals surface area contributed by atoms with Crippen molar-refractivity contribution in [3.8, 4) is 0 Å². The molecule has 2 aromatic carbocycles. The largest absolute Gasteiger partial charge is 0.324 e. The molecule has 2 aromatic rings. The van der Waals surface area contributed by atoms with E-state index in [0.29, 0.717) is 10.7 Å². The lowest BCUT2D eigenvalue weighted by molar-refractivity contribution is -0.120. The van der Waals surface area contributed by atoms with E-state index in [0.717, 1.165) is 5.56 Å². The lowest BCUT2D eigenvalue weighted by atomic mass is 9.83. The Morgan fingerprint density at radius 1 is 1.05 bits per heavy atom. The van der Waals surface area contributed by atoms with Gasteiger partial charge in [-0.3, -0.25) is 4.79 Å². The number of para-hydroxylation sites is 1. The van der Waals surface area contributed by atoms with Gasteiger partial charge in [-0.25, -0.2) is 0 Å². The van der Waals surface area contributed by atoms with Crippen LogP contribution < -0.4 is 5.32 Å². The summed E-state index contributed by atoms with van der Waals surface area (Å²) in [6.45, 7) is 5.84. The van der Waals surface area contributed by atoms with Crippen molar-refractivity contribution >= 4 is 23.2 Å². The van der Waals surface area contributed by atoms with Crippen molar-refractivity contribution in [1.29, 1.82) is 0 Å². The maximum Gasteiger partial charge on any atom is 0.234 e. The Hall–Kier alpha value is -1.80. The fourth-order valence-electron chi connectivity index (χ4n) is 1.94. The van der Waals surface area contributed by atoms with Gasteiger partial charge in [-0.15, -0.1) is 0 Å². The van der Waals surface area contributed by atoms with Gasteiger partial charge in [0.15, 0.2) is 0 Å². The number of aryl methyl sites for hydroxylation is 1. The molecule has 0 unspecified atom stereocenters. The second-order valence-electron chi connectivity index (χ2n) is 5.42. The Morgan fingerprint density at radius 2 is 1.65 bits per heavy atom. The van der Waals surface area contributed by atoms with Crippen molar-refractivity contribution in [3.05, 3.63) is 64.7 Å². The van der Waals surface area contributed by atoms with E-state index in [4.69, 9.17) is 11.6 Å². The molecule has 0 fully saturated rings. The van der Waals surface area contributed by atoms with Gasteiger partial charge in [0.05, 0.1) is 16.1 Å². The van der Waals surface area contributed by atoms with Crippen LogP contribution in [0.25, 0.3) is 0 Å². The maximum atomic E-state index is 12.5. The third-order valence-electron chi connectivity index (χ3n) is 3.46. The number of nitrogens with one attached hydrogen (secondary N) is 1. The van der Waals surface area contributed by atoms with Gasteiger partial charge in [0.1, 0.15) is 0 Å². The number of hydrogen-bond donors (Lipinski definition) is 1. The van der Waals surface area contributed by atoms with Crippen molar-refractivity contribution in [2.45, 2.75) is 26.2 Å². The van der Waals surface area contributed by atoms with Gasteiger partial charge < -0.3 is 5.32 Å². The zero-order valence-electron chi connectivity index (χ0n) is 11.9. The van der Waals surface area contributed by atoms with Crippen LogP contribution in [0.4, 0.5) is 5.69 Å². The van der Waals surface area contributed by atoms with Gasteiger partial charge >= 0.3 is 0 Å². The van der Waals surface area contributed by atoms with Crippen LogP contribution >= 0.6 is 11.6 Å². The first-order valence-corrected chi connectivity index (χ1v) is 6.92. The first kappa shape index (κ1) is 14.6. The molecule has 0 saturated heterocycles. The van der Waals surface area contributed by atoms with Gasteiger partial charge in [0.25, 0.3) is 0 Å². The highest BCUT2D eigenvalue weighted by Crippen LogP contribution is 2.27. The average Bonchev–Trinajstić information content (AvgIpc) is 2.41. The summed E-state index contributed by atoms with van der Waals surface area (Å²) in [6, 6.07) is 15.2. The Labute approximate surface area is 124 Å². The Balaban J connectivity index is 2.23. The number of benzene rings is 2. The van der Waals surface area contributed by atoms with Gasteiger partial charge in [-0.05, 0) is 38.5 Å². The molecule has 0 aliphatic carbocycles. The molecule has 0 aromatic heterocycles. The summed E-state index contributed by atoms with van der Waals surface area (Å²) in [6.07, 6.45) is 0. The minimum atomic E-state index is -0.618. The molecule has 0 spiro atoms. The molecular weight excluding hydrogens is 270 g/mol. The third kappa shape index (κ3) is 3.02. The molecule has 2 rings (SSSR count). The van der Waals surface area contributed by atoms with E-state index in [1.807, 2.05) is 57.2 Å². The molecule has 2 nitrogen and oxygen atoms in total. The lowest BCUT2D eigenvalue weighted by Gasteiger charge is -2.24. The van der Waals surface area contributed by atoms with Crippen LogP contribution in [-0.4, -0.2) is 5.91 Å². The van der Waals surface area contributed by atoms with E-state index < -0.39 is 5.41 Å². The van der Waals surface area contributed by atoms with Crippen molar-refractivity contribution in [3.63, 3.8) is 0 Å². The number of hydrogen-bond acceptors (Lipinski definition) is 1. The fourth-order valence-corrected chi connectivity index (χ4v) is 2.13. The van der Waals surface area contributed by atoms with Crippen molar-refractivity contribution < 1.29 is 4.79 Å². The van der Waals surface area contributed by atoms with Crippen LogP contribution in [0.15, 0.2) is 48.5 Å². The van der Waals surface area contributed by atoms with E-state index in [1.54, 1.807) is 12.1 Å². The molecular formula is C17H18ClNO. The minimum Gasteiger partial charge on any atom is -0.324 e. The molecule has 0 aliphatic heterocycles. The second kappa shape index (κ2) is 5.68. The average molecular weight is 288 g/mol. The molecule has 0 aliphatic rings. The van der Waals surface area contributed by atoms with Crippen molar-refractivity contribution in [2.24, 2.45) is 0 Å². The molecule has 0 saturated carbocycles. The van der Waals surface area contributed by atoms with E-state index in [9.17, 15) is 4.79 Å². The summed E-state index contributed by atoms with van der Waals surface area (Å²) < 4.78 is 0. The second-order valence-corrected chi connectivity index (χ2v) is 5.83. The van der Waals surface area contributed by atoms with Gasteiger partial charge in [-0.2, -0.15) is 0 Å². The van der Waals surface area contributed by atoms with Crippen molar-refractivity contribution in [2.75, 3.05) is 5.32 Å². The summed E-state index contributed by atoms with van der Waals surface area (Å²) in [5.74, 6) is -0.0746. The first-order valence-electron chi connectivity index (χ1n) is 6.54. The van der Waals surface area contributed by atoms with Crippen LogP contribution in [-0.2, 0) is 10.2 Å². The molecule has 1 amide bonds. The van der Waals surface area contributed by atoms with Gasteiger partial charge in [0, 0.05) is 0 Å². The Kier molecular flexibility index (Phi) is 4.15. The lowest BCUT2D eigenvalue weighted by Crippen LogP contribution is -2.34. The molecule has 104 valence electrons. The zero-order chi connectivity index (χ0) is 14.8. The molecule has 3 heteroatoms. The Morgan fingerprint density at radius 3 is 2.25 bits per heavy atom. The maximum absolute atomic E-state index is 12.5. The summed E-state index contributed by atoms with van der Waals surface area (Å²) in [5.41, 5.74) is 2.18. The summed E-state index contributed by atoms with van der Waals surface area (Å²) >= 11 is 6.07. The first-order chi connectivity index (χ1) is 9.41. The third-order valence-corrected chi connectivity index (χ3v) is 3.79. The predicted octanol–water partition coefficient (Wildman–Crippen LogP) is 4.56. The monoisotopic (exact) mass is 287 g/mol. The normalized spacial score (nSPS) is 11.2. The Bertz CT molecular complexity index is 617. The summed E-state index contributed by atoms with van der Waals surface area (Å²) in [4.78, 5) is 12.5. The molecule has 20 heavy (non-hydrogen) atoms. The molecule has 0 radical (unpaired) electrons. The number of carbonyl (C=O) groups is 1. The van der Waals surface area contributed by atoms with Gasteiger partial charge in [0.2, 0.25) is 5.91 Å². The topological polar surface area (TPSA) is 29.1 Å². The standard InChI is InChI=1S/C17H18ClNO/c1-12-8-10-13(11-9-12)17(2,3)16(20)19-15-7-5-4-6-14(15)18/h4-11H,1-3H3,(H,19,20). The highest BCUT2D eigenvalue weighted by molar-refractivity contribution is 6.33. The zero-order valence-corrected chi connectivity index (χ0v) is 12.7. The number of rotatable bonds is 3. The van der Waals surface area contributed by atoms with Crippen LogP contribution in [0.5, 0.6) is 0 Å². The predicted molar refractivity (Wildman–Crippen MR) is 84.3 cm³/mol. The van der Waals surface area contributed by atoms with E-state index in [2.05, 4.69) is 5.32 Å². The van der Waals surface area contributed by atoms with E-state index in [-0.39, 0.29) is 5.91 Å². The smallest absolute Gasteiger partial charge is 0.234 e. The van der Waals surface area contributed by atoms with Crippen LogP contribution in [0, 0.1) is 6.92 Å². The van der Waals surface area contributed by atoms with Crippen molar-refractivity contribution in [1.82, 2.24) is 0 Å². The number of carbonyl (C=O) groups excluding carboxylic acids is 1. The van der Waals surface area contributed by atoms with Gasteiger partial charge in [-0.1, -0.05) is 53.6 Å². The van der Waals surface area contributed by atoms with Crippen LogP contribution in [0.2, 0.25) is 5.02 Å². The number of amides is 1. The van der Waals surface area contributed by atoms with E-state index in [1.165, 1.54) is 5.56 Å². The minimum absolute atomic E-state index is 0.0746. The summed E-state index contributed by atoms with van der Waals surface area (Å²) in [7, 11) is 0. The SMILES string of the molecule is Cc1ccc(C(C)(C)C(=O)Nc2ccccc2Cl)cc1. The number of halogens is 1.